The Labute approximate surface area is 105 Å². The van der Waals surface area contributed by atoms with E-state index in [9.17, 15) is 0 Å². The number of benzene rings is 4. The molecule has 0 heterocycles. The molecule has 0 aliphatic rings. The van der Waals surface area contributed by atoms with Crippen molar-refractivity contribution in [2.24, 2.45) is 0 Å². The van der Waals surface area contributed by atoms with Crippen LogP contribution >= 0.6 is 0 Å². The van der Waals surface area contributed by atoms with Gasteiger partial charge in [0.05, 0.1) is 0 Å². The minimum Gasteiger partial charge on any atom is -0.115 e. The van der Waals surface area contributed by atoms with Crippen molar-refractivity contribution in [2.45, 2.75) is 0 Å². The first kappa shape index (κ1) is 9.50. The molecule has 0 fully saturated rings. The fourth-order valence-electron chi connectivity index (χ4n) is 2.86. The van der Waals surface area contributed by atoms with E-state index in [0.717, 1.165) is 5.56 Å². The van der Waals surface area contributed by atoms with Crippen LogP contribution in [0.2, 0.25) is 0 Å². The van der Waals surface area contributed by atoms with Crippen LogP contribution in [0.15, 0.2) is 54.6 Å². The van der Waals surface area contributed by atoms with E-state index in [-0.39, 0.29) is 0 Å². The van der Waals surface area contributed by atoms with Crippen molar-refractivity contribution < 1.29 is 0 Å². The van der Waals surface area contributed by atoms with Gasteiger partial charge in [0.1, 0.15) is 0 Å². The molecule has 0 aliphatic heterocycles. The third-order valence-electron chi connectivity index (χ3n) is 3.68. The lowest BCUT2D eigenvalue weighted by molar-refractivity contribution is 1.74. The van der Waals surface area contributed by atoms with Crippen molar-refractivity contribution in [3.63, 3.8) is 0 Å². The lowest BCUT2D eigenvalue weighted by Crippen LogP contribution is -1.86. The van der Waals surface area contributed by atoms with Crippen LogP contribution in [0.25, 0.3) is 32.3 Å². The first-order valence-corrected chi connectivity index (χ1v) is 6.01. The molecule has 4 aromatic carbocycles. The van der Waals surface area contributed by atoms with Crippen molar-refractivity contribution in [1.29, 1.82) is 0 Å². The molecule has 0 saturated heterocycles. The van der Waals surface area contributed by atoms with E-state index < -0.39 is 0 Å². The van der Waals surface area contributed by atoms with Gasteiger partial charge in [-0.3, -0.25) is 0 Å². The van der Waals surface area contributed by atoms with E-state index in [1.807, 2.05) is 6.07 Å². The van der Waals surface area contributed by atoms with Gasteiger partial charge in [-0.1, -0.05) is 54.5 Å². The fourth-order valence-corrected chi connectivity index (χ4v) is 2.86. The van der Waals surface area contributed by atoms with E-state index in [4.69, 9.17) is 6.42 Å². The normalized spacial score (nSPS) is 11.3. The van der Waals surface area contributed by atoms with E-state index in [0.29, 0.717) is 0 Å². The molecule has 0 bridgehead atoms. The molecule has 4 aromatic rings. The van der Waals surface area contributed by atoms with Crippen molar-refractivity contribution >= 4 is 32.3 Å². The molecule has 0 spiro atoms. The summed E-state index contributed by atoms with van der Waals surface area (Å²) in [6.45, 7) is 0. The molecule has 0 aromatic heterocycles. The van der Waals surface area contributed by atoms with Gasteiger partial charge in [0.25, 0.3) is 0 Å². The molecule has 0 saturated carbocycles. The van der Waals surface area contributed by atoms with Gasteiger partial charge in [-0.15, -0.1) is 6.42 Å². The highest BCUT2D eigenvalue weighted by atomic mass is 14.1. The van der Waals surface area contributed by atoms with Crippen LogP contribution in [-0.2, 0) is 0 Å². The summed E-state index contributed by atoms with van der Waals surface area (Å²) in [5.74, 6) is 2.78. The minimum absolute atomic E-state index is 0.973. The first-order chi connectivity index (χ1) is 8.88. The van der Waals surface area contributed by atoms with Gasteiger partial charge in [0, 0.05) is 5.56 Å². The monoisotopic (exact) mass is 226 g/mol. The maximum absolute atomic E-state index is 5.60. The van der Waals surface area contributed by atoms with Crippen molar-refractivity contribution in [3.8, 4) is 12.3 Å². The van der Waals surface area contributed by atoms with Crippen LogP contribution in [0.4, 0.5) is 0 Å². The maximum atomic E-state index is 5.60. The topological polar surface area (TPSA) is 0 Å². The Morgan fingerprint density at radius 3 is 2.00 bits per heavy atom. The largest absolute Gasteiger partial charge is 0.115 e. The number of hydrogen-bond acceptors (Lipinski definition) is 0. The lowest BCUT2D eigenvalue weighted by atomic mass is 9.92. The third-order valence-corrected chi connectivity index (χ3v) is 3.68. The highest BCUT2D eigenvalue weighted by Crippen LogP contribution is 2.35. The molecule has 0 unspecified atom stereocenters. The maximum Gasteiger partial charge on any atom is 0.0321 e. The van der Waals surface area contributed by atoms with Crippen LogP contribution in [0.5, 0.6) is 0 Å². The summed E-state index contributed by atoms with van der Waals surface area (Å²) in [5, 5.41) is 7.61. The molecule has 0 radical (unpaired) electrons. The Hall–Kier alpha value is -2.52. The van der Waals surface area contributed by atoms with Gasteiger partial charge in [-0.05, 0) is 38.4 Å². The second-order valence-electron chi connectivity index (χ2n) is 4.61. The quantitative estimate of drug-likeness (QED) is 0.304. The molecule has 0 amide bonds. The predicted octanol–water partition coefficient (Wildman–Crippen LogP) is 4.57. The Balaban J connectivity index is 2.45. The zero-order valence-electron chi connectivity index (χ0n) is 9.77. The summed E-state index contributed by atoms with van der Waals surface area (Å²) in [5.41, 5.74) is 0.973. The fraction of sp³-hybridized carbons (Fsp3) is 0. The zero-order chi connectivity index (χ0) is 12.1. The van der Waals surface area contributed by atoms with Crippen LogP contribution in [-0.4, -0.2) is 0 Å². The Kier molecular flexibility index (Phi) is 1.71. The standard InChI is InChI=1S/C18H10/c1-2-12-6-7-15-9-8-13-4-3-5-14-10-11-16(12)18(15)17(13)14/h1,3-11H. The second kappa shape index (κ2) is 3.24. The van der Waals surface area contributed by atoms with E-state index in [2.05, 4.69) is 54.5 Å². The summed E-state index contributed by atoms with van der Waals surface area (Å²) in [4.78, 5) is 0. The highest BCUT2D eigenvalue weighted by molar-refractivity contribution is 6.23. The summed E-state index contributed by atoms with van der Waals surface area (Å²) < 4.78 is 0. The average molecular weight is 226 g/mol. The van der Waals surface area contributed by atoms with Crippen LogP contribution < -0.4 is 0 Å². The van der Waals surface area contributed by atoms with Crippen molar-refractivity contribution in [3.05, 3.63) is 60.2 Å². The summed E-state index contributed by atoms with van der Waals surface area (Å²) in [7, 11) is 0. The van der Waals surface area contributed by atoms with Gasteiger partial charge in [0.15, 0.2) is 0 Å². The summed E-state index contributed by atoms with van der Waals surface area (Å²) >= 11 is 0. The highest BCUT2D eigenvalue weighted by Gasteiger charge is 2.09. The Morgan fingerprint density at radius 2 is 1.28 bits per heavy atom. The first-order valence-electron chi connectivity index (χ1n) is 6.01. The number of hydrogen-bond donors (Lipinski definition) is 0. The van der Waals surface area contributed by atoms with Crippen molar-refractivity contribution in [1.82, 2.24) is 0 Å². The molecule has 0 heteroatoms. The molecular formula is C18H10. The summed E-state index contributed by atoms with van der Waals surface area (Å²) in [6, 6.07) is 19.2. The van der Waals surface area contributed by atoms with E-state index >= 15 is 0 Å². The second-order valence-corrected chi connectivity index (χ2v) is 4.61. The van der Waals surface area contributed by atoms with Gasteiger partial charge >= 0.3 is 0 Å². The van der Waals surface area contributed by atoms with Crippen LogP contribution in [0, 0.1) is 12.3 Å². The van der Waals surface area contributed by atoms with E-state index in [1.54, 1.807) is 0 Å². The van der Waals surface area contributed by atoms with Crippen LogP contribution in [0.3, 0.4) is 0 Å². The average Bonchev–Trinajstić information content (AvgIpc) is 2.44. The van der Waals surface area contributed by atoms with Crippen LogP contribution in [0.1, 0.15) is 5.56 Å². The number of terminal acetylenes is 1. The number of rotatable bonds is 0. The molecule has 18 heavy (non-hydrogen) atoms. The SMILES string of the molecule is C#Cc1ccc2ccc3cccc4ccc1c2c34. The molecule has 0 nitrogen and oxygen atoms in total. The molecule has 0 atom stereocenters. The predicted molar refractivity (Wildman–Crippen MR) is 78.1 cm³/mol. The molecule has 4 rings (SSSR count). The minimum atomic E-state index is 0.973. The summed E-state index contributed by atoms with van der Waals surface area (Å²) in [6.07, 6.45) is 5.60. The Bertz CT molecular complexity index is 907. The van der Waals surface area contributed by atoms with Gasteiger partial charge in [0.2, 0.25) is 0 Å². The Morgan fingerprint density at radius 1 is 0.667 bits per heavy atom. The van der Waals surface area contributed by atoms with Gasteiger partial charge in [-0.25, -0.2) is 0 Å². The molecule has 82 valence electrons. The third kappa shape index (κ3) is 1.06. The molecular weight excluding hydrogens is 216 g/mol. The zero-order valence-corrected chi connectivity index (χ0v) is 9.77. The smallest absolute Gasteiger partial charge is 0.0321 e. The van der Waals surface area contributed by atoms with E-state index in [1.165, 1.54) is 32.3 Å². The van der Waals surface area contributed by atoms with Crippen molar-refractivity contribution in [2.75, 3.05) is 0 Å². The lowest BCUT2D eigenvalue weighted by Gasteiger charge is -2.11. The van der Waals surface area contributed by atoms with Gasteiger partial charge in [-0.2, -0.15) is 0 Å². The molecule has 0 aliphatic carbocycles. The van der Waals surface area contributed by atoms with Gasteiger partial charge < -0.3 is 0 Å². The molecule has 0 N–H and O–H groups in total.